The Balaban J connectivity index is 1.77. The minimum Gasteiger partial charge on any atom is -0.444 e. The molecule has 226 valence electrons. The molecule has 0 saturated heterocycles. The van der Waals surface area contributed by atoms with Crippen LogP contribution in [0.4, 0.5) is 10.5 Å². The van der Waals surface area contributed by atoms with E-state index in [1.807, 2.05) is 98.8 Å². The van der Waals surface area contributed by atoms with Gasteiger partial charge in [-0.3, -0.25) is 9.59 Å². The van der Waals surface area contributed by atoms with E-state index in [-0.39, 0.29) is 13.0 Å². The van der Waals surface area contributed by atoms with Crippen molar-refractivity contribution in [1.82, 2.24) is 10.2 Å². The lowest BCUT2D eigenvalue weighted by atomic mass is 9.93. The number of amides is 3. The number of nitriles is 1. The van der Waals surface area contributed by atoms with Crippen molar-refractivity contribution in [2.24, 2.45) is 0 Å². The summed E-state index contributed by atoms with van der Waals surface area (Å²) in [4.78, 5) is 42.8. The third kappa shape index (κ3) is 8.01. The number of carbonyl (C=O) groups is 3. The summed E-state index contributed by atoms with van der Waals surface area (Å²) in [7, 11) is 0. The SMILES string of the molecule is Cc1cccc(C)c1C(C(=O)Nc1ccc2ccccc2c1)N(CC#N)C(=O)C(Cc1ccccc1)NC(=O)OC(C)(C)C. The van der Waals surface area contributed by atoms with Crippen molar-refractivity contribution < 1.29 is 19.1 Å². The molecule has 0 spiro atoms. The zero-order valence-corrected chi connectivity index (χ0v) is 25.8. The second-order valence-electron chi connectivity index (χ2n) is 11.8. The number of hydrogen-bond acceptors (Lipinski definition) is 5. The molecular formula is C36H38N4O4. The first-order valence-corrected chi connectivity index (χ1v) is 14.5. The summed E-state index contributed by atoms with van der Waals surface area (Å²) >= 11 is 0. The topological polar surface area (TPSA) is 112 Å². The van der Waals surface area contributed by atoms with Crippen LogP contribution in [0.5, 0.6) is 0 Å². The maximum absolute atomic E-state index is 14.4. The van der Waals surface area contributed by atoms with Gasteiger partial charge in [-0.05, 0) is 79.8 Å². The fourth-order valence-corrected chi connectivity index (χ4v) is 5.24. The van der Waals surface area contributed by atoms with Crippen LogP contribution in [0.3, 0.4) is 0 Å². The van der Waals surface area contributed by atoms with Gasteiger partial charge >= 0.3 is 6.09 Å². The predicted octanol–water partition coefficient (Wildman–Crippen LogP) is 6.62. The Hall–Kier alpha value is -5.16. The summed E-state index contributed by atoms with van der Waals surface area (Å²) < 4.78 is 5.48. The maximum atomic E-state index is 14.4. The highest BCUT2D eigenvalue weighted by Crippen LogP contribution is 2.30. The second kappa shape index (κ2) is 13.9. The van der Waals surface area contributed by atoms with Gasteiger partial charge in [-0.15, -0.1) is 0 Å². The number of nitrogens with zero attached hydrogens (tertiary/aromatic N) is 2. The zero-order chi connectivity index (χ0) is 31.9. The smallest absolute Gasteiger partial charge is 0.408 e. The van der Waals surface area contributed by atoms with Gasteiger partial charge in [0.25, 0.3) is 5.91 Å². The molecule has 8 heteroatoms. The quantitative estimate of drug-likeness (QED) is 0.213. The first-order valence-electron chi connectivity index (χ1n) is 14.5. The average molecular weight is 591 g/mol. The Bertz CT molecular complexity index is 1670. The molecule has 2 unspecified atom stereocenters. The highest BCUT2D eigenvalue weighted by atomic mass is 16.6. The van der Waals surface area contributed by atoms with Gasteiger partial charge in [0, 0.05) is 12.1 Å². The Morgan fingerprint density at radius 3 is 2.14 bits per heavy atom. The molecule has 2 N–H and O–H groups in total. The number of rotatable bonds is 9. The van der Waals surface area contributed by atoms with Crippen LogP contribution >= 0.6 is 0 Å². The molecule has 8 nitrogen and oxygen atoms in total. The molecule has 0 aromatic heterocycles. The van der Waals surface area contributed by atoms with Gasteiger partial charge in [-0.2, -0.15) is 5.26 Å². The molecule has 0 fully saturated rings. The normalized spacial score (nSPS) is 12.5. The van der Waals surface area contributed by atoms with Crippen molar-refractivity contribution >= 4 is 34.4 Å². The van der Waals surface area contributed by atoms with Gasteiger partial charge in [0.15, 0.2) is 0 Å². The molecule has 0 aliphatic rings. The molecule has 0 bridgehead atoms. The van der Waals surface area contributed by atoms with Gasteiger partial charge in [0.2, 0.25) is 5.91 Å². The fraction of sp³-hybridized carbons (Fsp3) is 0.278. The number of hydrogen-bond donors (Lipinski definition) is 2. The Morgan fingerprint density at radius 2 is 1.50 bits per heavy atom. The van der Waals surface area contributed by atoms with Crippen molar-refractivity contribution in [3.63, 3.8) is 0 Å². The number of anilines is 1. The minimum atomic E-state index is -1.16. The van der Waals surface area contributed by atoms with Crippen molar-refractivity contribution in [2.75, 3.05) is 11.9 Å². The Labute approximate surface area is 258 Å². The number of carbonyl (C=O) groups excluding carboxylic acids is 3. The first kappa shape index (κ1) is 31.8. The third-order valence-corrected chi connectivity index (χ3v) is 7.19. The summed E-state index contributed by atoms with van der Waals surface area (Å²) in [5.41, 5.74) is 2.76. The van der Waals surface area contributed by atoms with Crippen LogP contribution in [0.2, 0.25) is 0 Å². The standard InChI is InChI=1S/C36H38N4O4/c1-24-12-11-13-25(2)31(24)32(33(41)38-29-19-18-27-16-9-10-17-28(27)23-29)40(21-20-37)34(42)30(22-26-14-7-6-8-15-26)39-35(43)44-36(3,4)5/h6-19,23,30,32H,21-22H2,1-5H3,(H,38,41)(H,39,43). The number of aryl methyl sites for hydroxylation is 2. The highest BCUT2D eigenvalue weighted by molar-refractivity contribution is 6.01. The minimum absolute atomic E-state index is 0.132. The average Bonchev–Trinajstić information content (AvgIpc) is 2.97. The van der Waals surface area contributed by atoms with E-state index in [9.17, 15) is 19.6 Å². The lowest BCUT2D eigenvalue weighted by Gasteiger charge is -2.34. The molecule has 4 aromatic carbocycles. The van der Waals surface area contributed by atoms with Crippen LogP contribution in [-0.2, 0) is 20.7 Å². The number of ether oxygens (including phenoxy) is 1. The molecule has 3 amide bonds. The van der Waals surface area contributed by atoms with Gasteiger partial charge in [-0.1, -0.05) is 78.9 Å². The number of alkyl carbamates (subject to hydrolysis) is 1. The predicted molar refractivity (Wildman–Crippen MR) is 172 cm³/mol. The van der Waals surface area contributed by atoms with Crippen LogP contribution in [0.1, 0.15) is 49.1 Å². The molecule has 0 aliphatic heterocycles. The van der Waals surface area contributed by atoms with Gasteiger partial charge in [0.1, 0.15) is 24.2 Å². The van der Waals surface area contributed by atoms with E-state index < -0.39 is 35.6 Å². The van der Waals surface area contributed by atoms with Gasteiger partial charge in [0.05, 0.1) is 6.07 Å². The van der Waals surface area contributed by atoms with Crippen LogP contribution in [0.25, 0.3) is 10.8 Å². The van der Waals surface area contributed by atoms with Crippen molar-refractivity contribution in [3.05, 3.63) is 113 Å². The van der Waals surface area contributed by atoms with E-state index in [2.05, 4.69) is 16.7 Å². The third-order valence-electron chi connectivity index (χ3n) is 7.19. The fourth-order valence-electron chi connectivity index (χ4n) is 5.24. The largest absolute Gasteiger partial charge is 0.444 e. The first-order chi connectivity index (χ1) is 21.0. The number of benzene rings is 4. The number of nitrogens with one attached hydrogen (secondary N) is 2. The van der Waals surface area contributed by atoms with E-state index in [1.54, 1.807) is 26.8 Å². The van der Waals surface area contributed by atoms with Crippen LogP contribution < -0.4 is 10.6 Å². The monoisotopic (exact) mass is 590 g/mol. The molecule has 0 heterocycles. The molecular weight excluding hydrogens is 552 g/mol. The van der Waals surface area contributed by atoms with Crippen LogP contribution in [0.15, 0.2) is 91.0 Å². The molecule has 0 aliphatic carbocycles. The lowest BCUT2D eigenvalue weighted by molar-refractivity contribution is -0.140. The van der Waals surface area contributed by atoms with Crippen LogP contribution in [-0.4, -0.2) is 41.0 Å². The molecule has 2 atom stereocenters. The van der Waals surface area contributed by atoms with Crippen LogP contribution in [0, 0.1) is 25.2 Å². The Morgan fingerprint density at radius 1 is 0.864 bits per heavy atom. The summed E-state index contributed by atoms with van der Waals surface area (Å²) in [5.74, 6) is -1.06. The molecule has 4 rings (SSSR count). The van der Waals surface area contributed by atoms with Gasteiger partial charge in [-0.25, -0.2) is 4.79 Å². The zero-order valence-electron chi connectivity index (χ0n) is 25.8. The van der Waals surface area contributed by atoms with E-state index >= 15 is 0 Å². The van der Waals surface area contributed by atoms with E-state index in [1.165, 1.54) is 4.90 Å². The maximum Gasteiger partial charge on any atom is 0.408 e. The molecule has 0 radical (unpaired) electrons. The highest BCUT2D eigenvalue weighted by Gasteiger charge is 2.37. The number of fused-ring (bicyclic) bond motifs is 1. The molecule has 0 saturated carbocycles. The Kier molecular flexibility index (Phi) is 10.0. The van der Waals surface area contributed by atoms with E-state index in [4.69, 9.17) is 4.74 Å². The summed E-state index contributed by atoms with van der Waals surface area (Å²) in [6.45, 7) is 8.55. The van der Waals surface area contributed by atoms with Crippen molar-refractivity contribution in [3.8, 4) is 6.07 Å². The van der Waals surface area contributed by atoms with Crippen molar-refractivity contribution in [1.29, 1.82) is 5.26 Å². The van der Waals surface area contributed by atoms with Gasteiger partial charge < -0.3 is 20.3 Å². The summed E-state index contributed by atoms with van der Waals surface area (Å²) in [6.07, 6.45) is -0.639. The summed E-state index contributed by atoms with van der Waals surface area (Å²) in [6, 6.07) is 28.1. The molecule has 4 aromatic rings. The molecule has 44 heavy (non-hydrogen) atoms. The van der Waals surface area contributed by atoms with E-state index in [0.29, 0.717) is 11.3 Å². The van der Waals surface area contributed by atoms with E-state index in [0.717, 1.165) is 27.5 Å². The second-order valence-corrected chi connectivity index (χ2v) is 11.8. The summed E-state index contributed by atoms with van der Waals surface area (Å²) in [5, 5.41) is 17.6. The van der Waals surface area contributed by atoms with Crippen molar-refractivity contribution in [2.45, 2.75) is 58.7 Å². The lowest BCUT2D eigenvalue weighted by Crippen LogP contribution is -2.53.